The fourth-order valence-electron chi connectivity index (χ4n) is 1.55. The zero-order valence-electron chi connectivity index (χ0n) is 10.7. The Morgan fingerprint density at radius 2 is 1.94 bits per heavy atom. The van der Waals surface area contributed by atoms with Crippen molar-refractivity contribution in [2.75, 3.05) is 13.1 Å². The van der Waals surface area contributed by atoms with E-state index < -0.39 is 5.97 Å². The molecule has 0 fully saturated rings. The van der Waals surface area contributed by atoms with Crippen molar-refractivity contribution in [2.24, 2.45) is 11.1 Å². The number of aliphatic carboxylic acids is 1. The van der Waals surface area contributed by atoms with Crippen molar-refractivity contribution in [3.05, 3.63) is 0 Å². The standard InChI is InChI=1S/C11H23N3O3/c1-11(2,3)7-8(6-9(15)16)14-10(17)13-5-4-12/h8H,4-7,12H2,1-3H3,(H,15,16)(H2,13,14,17). The quantitative estimate of drug-likeness (QED) is 0.547. The predicted octanol–water partition coefficient (Wildman–Crippen LogP) is 0.524. The van der Waals surface area contributed by atoms with E-state index >= 15 is 0 Å². The van der Waals surface area contributed by atoms with Crippen molar-refractivity contribution in [3.8, 4) is 0 Å². The van der Waals surface area contributed by atoms with Crippen molar-refractivity contribution in [2.45, 2.75) is 39.7 Å². The molecule has 2 amide bonds. The predicted molar refractivity (Wildman–Crippen MR) is 65.7 cm³/mol. The third-order valence-corrected chi connectivity index (χ3v) is 2.04. The molecule has 0 radical (unpaired) electrons. The van der Waals surface area contributed by atoms with Gasteiger partial charge in [0, 0.05) is 19.1 Å². The van der Waals surface area contributed by atoms with E-state index in [2.05, 4.69) is 10.6 Å². The van der Waals surface area contributed by atoms with Gasteiger partial charge in [-0.15, -0.1) is 0 Å². The number of carboxylic acid groups (broad SMARTS) is 1. The summed E-state index contributed by atoms with van der Waals surface area (Å²) in [5, 5.41) is 14.0. The Labute approximate surface area is 102 Å². The number of nitrogens with two attached hydrogens (primary N) is 1. The molecule has 0 saturated heterocycles. The Bertz CT molecular complexity index is 261. The number of carboxylic acids is 1. The van der Waals surface area contributed by atoms with Gasteiger partial charge >= 0.3 is 12.0 Å². The number of hydrogen-bond donors (Lipinski definition) is 4. The van der Waals surface area contributed by atoms with Crippen molar-refractivity contribution in [3.63, 3.8) is 0 Å². The molecule has 1 atom stereocenters. The van der Waals surface area contributed by atoms with Crippen LogP contribution in [0.1, 0.15) is 33.6 Å². The minimum Gasteiger partial charge on any atom is -0.481 e. The number of hydrogen-bond acceptors (Lipinski definition) is 3. The molecule has 0 aliphatic heterocycles. The number of carbonyl (C=O) groups is 2. The van der Waals surface area contributed by atoms with Gasteiger partial charge in [0.1, 0.15) is 0 Å². The van der Waals surface area contributed by atoms with E-state index in [1.807, 2.05) is 20.8 Å². The van der Waals surface area contributed by atoms with E-state index in [-0.39, 0.29) is 23.9 Å². The number of amides is 2. The molecule has 6 nitrogen and oxygen atoms in total. The zero-order chi connectivity index (χ0) is 13.5. The van der Waals surface area contributed by atoms with Gasteiger partial charge < -0.3 is 21.5 Å². The Kier molecular flexibility index (Phi) is 6.57. The van der Waals surface area contributed by atoms with Crippen LogP contribution in [0, 0.1) is 5.41 Å². The van der Waals surface area contributed by atoms with Gasteiger partial charge in [0.2, 0.25) is 0 Å². The highest BCUT2D eigenvalue weighted by Gasteiger charge is 2.22. The molecule has 0 saturated carbocycles. The highest BCUT2D eigenvalue weighted by Crippen LogP contribution is 2.22. The molecule has 6 heteroatoms. The lowest BCUT2D eigenvalue weighted by molar-refractivity contribution is -0.137. The topological polar surface area (TPSA) is 104 Å². The van der Waals surface area contributed by atoms with Crippen LogP contribution in [0.25, 0.3) is 0 Å². The first-order valence-corrected chi connectivity index (χ1v) is 5.71. The maximum absolute atomic E-state index is 11.4. The van der Waals surface area contributed by atoms with Crippen LogP contribution < -0.4 is 16.4 Å². The van der Waals surface area contributed by atoms with Gasteiger partial charge in [-0.3, -0.25) is 4.79 Å². The minimum atomic E-state index is -0.918. The Morgan fingerprint density at radius 1 is 1.35 bits per heavy atom. The van der Waals surface area contributed by atoms with Crippen LogP contribution in [-0.2, 0) is 4.79 Å². The molecule has 17 heavy (non-hydrogen) atoms. The molecule has 0 aromatic heterocycles. The minimum absolute atomic E-state index is 0.0404. The second kappa shape index (κ2) is 7.11. The maximum Gasteiger partial charge on any atom is 0.315 e. The van der Waals surface area contributed by atoms with Crippen LogP contribution in [-0.4, -0.2) is 36.2 Å². The fraction of sp³-hybridized carbons (Fsp3) is 0.818. The maximum atomic E-state index is 11.4. The molecule has 0 heterocycles. The smallest absolute Gasteiger partial charge is 0.315 e. The Balaban J connectivity index is 4.28. The van der Waals surface area contributed by atoms with Crippen molar-refractivity contribution >= 4 is 12.0 Å². The first-order chi connectivity index (χ1) is 7.74. The van der Waals surface area contributed by atoms with Crippen molar-refractivity contribution < 1.29 is 14.7 Å². The number of carbonyl (C=O) groups excluding carboxylic acids is 1. The van der Waals surface area contributed by atoms with Crippen LogP contribution in [0.15, 0.2) is 0 Å². The number of rotatable bonds is 6. The van der Waals surface area contributed by atoms with E-state index in [0.717, 1.165) is 0 Å². The molecule has 0 aromatic carbocycles. The normalized spacial score (nSPS) is 12.9. The molecule has 0 rings (SSSR count). The zero-order valence-corrected chi connectivity index (χ0v) is 10.7. The molecule has 0 aromatic rings. The van der Waals surface area contributed by atoms with Crippen LogP contribution >= 0.6 is 0 Å². The van der Waals surface area contributed by atoms with Crippen LogP contribution in [0.2, 0.25) is 0 Å². The number of urea groups is 1. The van der Waals surface area contributed by atoms with E-state index in [1.54, 1.807) is 0 Å². The molecule has 0 spiro atoms. The van der Waals surface area contributed by atoms with Gasteiger partial charge in [0.05, 0.1) is 6.42 Å². The molecule has 5 N–H and O–H groups in total. The molecule has 1 unspecified atom stereocenters. The molecule has 0 aliphatic rings. The van der Waals surface area contributed by atoms with Crippen LogP contribution in [0.5, 0.6) is 0 Å². The van der Waals surface area contributed by atoms with Gasteiger partial charge in [-0.1, -0.05) is 20.8 Å². The third-order valence-electron chi connectivity index (χ3n) is 2.04. The van der Waals surface area contributed by atoms with Gasteiger partial charge in [-0.25, -0.2) is 4.79 Å². The Hall–Kier alpha value is -1.30. The van der Waals surface area contributed by atoms with Crippen LogP contribution in [0.4, 0.5) is 4.79 Å². The molecular weight excluding hydrogens is 222 g/mol. The monoisotopic (exact) mass is 245 g/mol. The van der Waals surface area contributed by atoms with E-state index in [0.29, 0.717) is 19.5 Å². The first-order valence-electron chi connectivity index (χ1n) is 5.71. The summed E-state index contributed by atoms with van der Waals surface area (Å²) in [4.78, 5) is 22.1. The van der Waals surface area contributed by atoms with E-state index in [4.69, 9.17) is 10.8 Å². The summed E-state index contributed by atoms with van der Waals surface area (Å²) in [6, 6.07) is -0.740. The summed E-state index contributed by atoms with van der Waals surface area (Å²) < 4.78 is 0. The van der Waals surface area contributed by atoms with Gasteiger partial charge in [0.25, 0.3) is 0 Å². The summed E-state index contributed by atoms with van der Waals surface area (Å²) in [5.74, 6) is -0.918. The second-order valence-electron chi connectivity index (χ2n) is 5.25. The fourth-order valence-corrected chi connectivity index (χ4v) is 1.55. The Morgan fingerprint density at radius 3 is 2.35 bits per heavy atom. The molecular formula is C11H23N3O3. The largest absolute Gasteiger partial charge is 0.481 e. The average molecular weight is 245 g/mol. The van der Waals surface area contributed by atoms with E-state index in [9.17, 15) is 9.59 Å². The van der Waals surface area contributed by atoms with Crippen molar-refractivity contribution in [1.29, 1.82) is 0 Å². The first kappa shape index (κ1) is 15.7. The van der Waals surface area contributed by atoms with E-state index in [1.165, 1.54) is 0 Å². The second-order valence-corrected chi connectivity index (χ2v) is 5.25. The molecule has 0 aliphatic carbocycles. The molecule has 100 valence electrons. The van der Waals surface area contributed by atoms with Gasteiger partial charge in [0.15, 0.2) is 0 Å². The van der Waals surface area contributed by atoms with Gasteiger partial charge in [-0.05, 0) is 11.8 Å². The van der Waals surface area contributed by atoms with Crippen LogP contribution in [0.3, 0.4) is 0 Å². The highest BCUT2D eigenvalue weighted by atomic mass is 16.4. The highest BCUT2D eigenvalue weighted by molar-refractivity contribution is 5.75. The molecule has 0 bridgehead atoms. The van der Waals surface area contributed by atoms with Gasteiger partial charge in [-0.2, -0.15) is 0 Å². The average Bonchev–Trinajstić information content (AvgIpc) is 2.10. The summed E-state index contributed by atoms with van der Waals surface area (Å²) in [7, 11) is 0. The lowest BCUT2D eigenvalue weighted by Crippen LogP contribution is -2.45. The summed E-state index contributed by atoms with van der Waals surface area (Å²) >= 11 is 0. The summed E-state index contributed by atoms with van der Waals surface area (Å²) in [5.41, 5.74) is 5.21. The third kappa shape index (κ3) is 9.62. The lowest BCUT2D eigenvalue weighted by atomic mass is 9.87. The summed E-state index contributed by atoms with van der Waals surface area (Å²) in [6.45, 7) is 6.74. The summed E-state index contributed by atoms with van der Waals surface area (Å²) in [6.07, 6.45) is 0.530. The lowest BCUT2D eigenvalue weighted by Gasteiger charge is -2.25. The van der Waals surface area contributed by atoms with Crippen molar-refractivity contribution in [1.82, 2.24) is 10.6 Å². The number of nitrogens with one attached hydrogen (secondary N) is 2. The SMILES string of the molecule is CC(C)(C)CC(CC(=O)O)NC(=O)NCCN.